The topological polar surface area (TPSA) is 58.5 Å². The molecule has 106 valence electrons. The Kier molecular flexibility index (Phi) is 3.95. The summed E-state index contributed by atoms with van der Waals surface area (Å²) < 4.78 is 9.98. The third-order valence-electron chi connectivity index (χ3n) is 3.40. The molecule has 2 heterocycles. The van der Waals surface area contributed by atoms with Gasteiger partial charge >= 0.3 is 0 Å². The Bertz CT molecular complexity index is 561. The minimum atomic E-state index is -0.143. The van der Waals surface area contributed by atoms with Crippen molar-refractivity contribution in [1.82, 2.24) is 9.36 Å². The van der Waals surface area contributed by atoms with E-state index in [1.54, 1.807) is 0 Å². The highest BCUT2D eigenvalue weighted by Gasteiger charge is 2.28. The minimum absolute atomic E-state index is 0.0353. The van der Waals surface area contributed by atoms with E-state index in [9.17, 15) is 5.11 Å². The Morgan fingerprint density at radius 3 is 2.95 bits per heavy atom. The SMILES string of the molecule is CC1COC(CO)CN1c1nc(-c2ccccc2)ns1. The number of morpholine rings is 1. The Hall–Kier alpha value is -1.50. The van der Waals surface area contributed by atoms with Gasteiger partial charge in [0.05, 0.1) is 25.4 Å². The molecule has 2 unspecified atom stereocenters. The van der Waals surface area contributed by atoms with Crippen LogP contribution in [0.4, 0.5) is 5.13 Å². The van der Waals surface area contributed by atoms with Gasteiger partial charge in [0.25, 0.3) is 0 Å². The lowest BCUT2D eigenvalue weighted by atomic mass is 10.2. The van der Waals surface area contributed by atoms with Crippen molar-refractivity contribution in [2.24, 2.45) is 0 Å². The van der Waals surface area contributed by atoms with Crippen molar-refractivity contribution in [3.05, 3.63) is 30.3 Å². The summed E-state index contributed by atoms with van der Waals surface area (Å²) in [6.45, 7) is 3.39. The van der Waals surface area contributed by atoms with Crippen LogP contribution in [0, 0.1) is 0 Å². The van der Waals surface area contributed by atoms with E-state index < -0.39 is 0 Å². The zero-order valence-corrected chi connectivity index (χ0v) is 12.1. The average Bonchev–Trinajstić information content (AvgIpc) is 2.98. The molecule has 1 aliphatic rings. The van der Waals surface area contributed by atoms with Crippen molar-refractivity contribution in [1.29, 1.82) is 0 Å². The molecule has 0 aliphatic carbocycles. The monoisotopic (exact) mass is 291 g/mol. The van der Waals surface area contributed by atoms with Crippen molar-refractivity contribution >= 4 is 16.7 Å². The second-order valence-electron chi connectivity index (χ2n) is 4.91. The number of hydrogen-bond donors (Lipinski definition) is 1. The van der Waals surface area contributed by atoms with Gasteiger partial charge in [-0.3, -0.25) is 0 Å². The highest BCUT2D eigenvalue weighted by Crippen LogP contribution is 2.27. The second kappa shape index (κ2) is 5.87. The lowest BCUT2D eigenvalue weighted by molar-refractivity contribution is -0.0103. The van der Waals surface area contributed by atoms with Crippen LogP contribution >= 0.6 is 11.5 Å². The third kappa shape index (κ3) is 2.67. The highest BCUT2D eigenvalue weighted by atomic mass is 32.1. The van der Waals surface area contributed by atoms with Gasteiger partial charge in [-0.2, -0.15) is 9.36 Å². The van der Waals surface area contributed by atoms with Gasteiger partial charge in [-0.1, -0.05) is 30.3 Å². The van der Waals surface area contributed by atoms with Crippen LogP contribution in [0.2, 0.25) is 0 Å². The first-order chi connectivity index (χ1) is 9.78. The van der Waals surface area contributed by atoms with Gasteiger partial charge in [0.15, 0.2) is 5.82 Å². The maximum Gasteiger partial charge on any atom is 0.205 e. The van der Waals surface area contributed by atoms with Crippen molar-refractivity contribution in [2.45, 2.75) is 19.1 Å². The fraction of sp³-hybridized carbons (Fsp3) is 0.429. The molecule has 1 aromatic carbocycles. The molecule has 0 bridgehead atoms. The summed E-state index contributed by atoms with van der Waals surface area (Å²) >= 11 is 1.39. The van der Waals surface area contributed by atoms with Gasteiger partial charge in [-0.15, -0.1) is 0 Å². The van der Waals surface area contributed by atoms with Crippen molar-refractivity contribution in [3.63, 3.8) is 0 Å². The predicted molar refractivity (Wildman–Crippen MR) is 79.0 cm³/mol. The summed E-state index contributed by atoms with van der Waals surface area (Å²) in [5.41, 5.74) is 1.02. The van der Waals surface area contributed by atoms with Crippen LogP contribution in [0.1, 0.15) is 6.92 Å². The fourth-order valence-electron chi connectivity index (χ4n) is 2.23. The number of hydrogen-bond acceptors (Lipinski definition) is 6. The van der Waals surface area contributed by atoms with E-state index >= 15 is 0 Å². The van der Waals surface area contributed by atoms with Crippen molar-refractivity contribution in [2.75, 3.05) is 24.7 Å². The standard InChI is InChI=1S/C14H17N3O2S/c1-10-9-19-12(8-18)7-17(10)14-15-13(16-20-14)11-5-3-2-4-6-11/h2-6,10,12,18H,7-9H2,1H3. The maximum atomic E-state index is 9.24. The Morgan fingerprint density at radius 1 is 1.40 bits per heavy atom. The molecule has 5 nitrogen and oxygen atoms in total. The number of benzene rings is 1. The molecular formula is C14H17N3O2S. The van der Waals surface area contributed by atoms with Crippen LogP contribution in [-0.4, -0.2) is 46.4 Å². The van der Waals surface area contributed by atoms with Gasteiger partial charge in [0.2, 0.25) is 5.13 Å². The fourth-order valence-corrected chi connectivity index (χ4v) is 3.03. The number of aliphatic hydroxyl groups is 1. The van der Waals surface area contributed by atoms with Crippen molar-refractivity contribution in [3.8, 4) is 11.4 Å². The van der Waals surface area contributed by atoms with E-state index in [2.05, 4.69) is 21.2 Å². The summed E-state index contributed by atoms with van der Waals surface area (Å²) in [7, 11) is 0. The lowest BCUT2D eigenvalue weighted by Crippen LogP contribution is -2.49. The first-order valence-electron chi connectivity index (χ1n) is 6.66. The van der Waals surface area contributed by atoms with Crippen LogP contribution in [0.5, 0.6) is 0 Å². The first kappa shape index (κ1) is 13.5. The molecule has 6 heteroatoms. The zero-order valence-electron chi connectivity index (χ0n) is 11.3. The number of ether oxygens (including phenoxy) is 1. The maximum absolute atomic E-state index is 9.24. The summed E-state index contributed by atoms with van der Waals surface area (Å²) in [5.74, 6) is 0.754. The smallest absolute Gasteiger partial charge is 0.205 e. The molecule has 1 aliphatic heterocycles. The van der Waals surface area contributed by atoms with Crippen LogP contribution in [0.15, 0.2) is 30.3 Å². The van der Waals surface area contributed by atoms with Gasteiger partial charge in [-0.25, -0.2) is 0 Å². The Morgan fingerprint density at radius 2 is 2.20 bits per heavy atom. The number of rotatable bonds is 3. The van der Waals surface area contributed by atoms with Gasteiger partial charge in [0.1, 0.15) is 0 Å². The minimum Gasteiger partial charge on any atom is -0.394 e. The molecule has 0 saturated carbocycles. The summed E-state index contributed by atoms with van der Waals surface area (Å²) in [6.07, 6.45) is -0.143. The van der Waals surface area contributed by atoms with Gasteiger partial charge < -0.3 is 14.7 Å². The van der Waals surface area contributed by atoms with E-state index in [-0.39, 0.29) is 18.8 Å². The Labute approximate surface area is 122 Å². The lowest BCUT2D eigenvalue weighted by Gasteiger charge is -2.36. The van der Waals surface area contributed by atoms with E-state index in [4.69, 9.17) is 4.74 Å². The zero-order chi connectivity index (χ0) is 13.9. The van der Waals surface area contributed by atoms with Crippen LogP contribution in [0.25, 0.3) is 11.4 Å². The van der Waals surface area contributed by atoms with Gasteiger partial charge in [0, 0.05) is 23.6 Å². The highest BCUT2D eigenvalue weighted by molar-refractivity contribution is 7.09. The molecule has 1 aromatic heterocycles. The average molecular weight is 291 g/mol. The normalized spacial score (nSPS) is 23.0. The van der Waals surface area contributed by atoms with Crippen molar-refractivity contribution < 1.29 is 9.84 Å². The van der Waals surface area contributed by atoms with E-state index in [1.807, 2.05) is 30.3 Å². The Balaban J connectivity index is 1.82. The molecule has 0 amide bonds. The van der Waals surface area contributed by atoms with E-state index in [1.165, 1.54) is 11.5 Å². The van der Waals surface area contributed by atoms with E-state index in [0.29, 0.717) is 13.2 Å². The summed E-state index contributed by atoms with van der Waals surface area (Å²) in [6, 6.07) is 10.2. The second-order valence-corrected chi connectivity index (χ2v) is 5.64. The van der Waals surface area contributed by atoms with Crippen LogP contribution < -0.4 is 4.90 Å². The third-order valence-corrected chi connectivity index (χ3v) is 4.16. The molecule has 1 fully saturated rings. The van der Waals surface area contributed by atoms with Crippen LogP contribution in [0.3, 0.4) is 0 Å². The van der Waals surface area contributed by atoms with E-state index in [0.717, 1.165) is 16.5 Å². The van der Waals surface area contributed by atoms with Crippen LogP contribution in [-0.2, 0) is 4.74 Å². The molecule has 1 saturated heterocycles. The molecule has 2 atom stereocenters. The number of nitrogens with zero attached hydrogens (tertiary/aromatic N) is 3. The summed E-state index contributed by atoms with van der Waals surface area (Å²) in [4.78, 5) is 6.78. The van der Waals surface area contributed by atoms with Gasteiger partial charge in [-0.05, 0) is 6.92 Å². The number of aliphatic hydroxyl groups excluding tert-OH is 1. The molecule has 2 aromatic rings. The largest absolute Gasteiger partial charge is 0.394 e. The molecule has 3 rings (SSSR count). The molecule has 0 spiro atoms. The molecule has 20 heavy (non-hydrogen) atoms. The molecule has 0 radical (unpaired) electrons. The quantitative estimate of drug-likeness (QED) is 0.934. The molecular weight excluding hydrogens is 274 g/mol. The number of anilines is 1. The predicted octanol–water partition coefficient (Wildman–Crippen LogP) is 1.79. The first-order valence-corrected chi connectivity index (χ1v) is 7.43. The summed E-state index contributed by atoms with van der Waals surface area (Å²) in [5, 5.41) is 10.1. The molecule has 1 N–H and O–H groups in total. The number of aromatic nitrogens is 2.